The summed E-state index contributed by atoms with van der Waals surface area (Å²) in [4.78, 5) is 10.7. The predicted molar refractivity (Wildman–Crippen MR) is 59.0 cm³/mol. The van der Waals surface area contributed by atoms with Gasteiger partial charge in [0.1, 0.15) is 12.4 Å². The maximum atomic E-state index is 10.7. The molecule has 1 N–H and O–H groups in total. The van der Waals surface area contributed by atoms with Crippen molar-refractivity contribution in [1.29, 1.82) is 0 Å². The zero-order valence-corrected chi connectivity index (χ0v) is 9.21. The van der Waals surface area contributed by atoms with E-state index in [0.29, 0.717) is 11.5 Å². The van der Waals surface area contributed by atoms with Gasteiger partial charge in [-0.05, 0) is 30.7 Å². The lowest BCUT2D eigenvalue weighted by Crippen LogP contribution is -1.99. The van der Waals surface area contributed by atoms with Gasteiger partial charge in [-0.3, -0.25) is 0 Å². The van der Waals surface area contributed by atoms with E-state index in [9.17, 15) is 4.79 Å². The zero-order valence-electron chi connectivity index (χ0n) is 9.21. The van der Waals surface area contributed by atoms with E-state index in [2.05, 4.69) is 5.16 Å². The minimum atomic E-state index is -0.949. The summed E-state index contributed by atoms with van der Waals surface area (Å²) in [5.74, 6) is 0.299. The van der Waals surface area contributed by atoms with Crippen LogP contribution in [-0.4, -0.2) is 16.2 Å². The van der Waals surface area contributed by atoms with Gasteiger partial charge < -0.3 is 14.4 Å². The largest absolute Gasteiger partial charge is 0.485 e. The number of carboxylic acid groups (broad SMARTS) is 1. The highest BCUT2D eigenvalue weighted by molar-refractivity contribution is 5.88. The second-order valence-electron chi connectivity index (χ2n) is 3.55. The van der Waals surface area contributed by atoms with Crippen molar-refractivity contribution in [3.63, 3.8) is 0 Å². The van der Waals surface area contributed by atoms with Gasteiger partial charge in [0, 0.05) is 6.07 Å². The van der Waals surface area contributed by atoms with Crippen LogP contribution < -0.4 is 4.74 Å². The first-order valence-corrected chi connectivity index (χ1v) is 5.03. The first kappa shape index (κ1) is 11.2. The molecule has 88 valence electrons. The van der Waals surface area contributed by atoms with Crippen molar-refractivity contribution < 1.29 is 19.2 Å². The molecule has 1 aromatic carbocycles. The number of nitrogens with zero attached hydrogens (tertiary/aromatic N) is 1. The molecule has 0 radical (unpaired) electrons. The van der Waals surface area contributed by atoms with Crippen molar-refractivity contribution in [2.75, 3.05) is 0 Å². The van der Waals surface area contributed by atoms with Crippen molar-refractivity contribution in [2.45, 2.75) is 13.5 Å². The van der Waals surface area contributed by atoms with Crippen LogP contribution in [0.2, 0.25) is 0 Å². The minimum absolute atomic E-state index is 0.245. The lowest BCUT2D eigenvalue weighted by molar-refractivity contribution is 0.0696. The van der Waals surface area contributed by atoms with Crippen molar-refractivity contribution in [2.24, 2.45) is 0 Å². The standard InChI is InChI=1S/C12H11NO4/c1-8-6-9(12(14)15)2-3-11(8)16-7-10-4-5-13-17-10/h2-6H,7H2,1H3,(H,14,15). The number of hydrogen-bond donors (Lipinski definition) is 1. The van der Waals surface area contributed by atoms with Crippen LogP contribution in [0.1, 0.15) is 21.7 Å². The number of rotatable bonds is 4. The Morgan fingerprint density at radius 2 is 2.29 bits per heavy atom. The smallest absolute Gasteiger partial charge is 0.335 e. The average Bonchev–Trinajstić information content (AvgIpc) is 2.80. The average molecular weight is 233 g/mol. The second kappa shape index (κ2) is 4.69. The van der Waals surface area contributed by atoms with E-state index < -0.39 is 5.97 Å². The van der Waals surface area contributed by atoms with E-state index in [-0.39, 0.29) is 12.2 Å². The number of aryl methyl sites for hydroxylation is 1. The third kappa shape index (κ3) is 2.63. The second-order valence-corrected chi connectivity index (χ2v) is 3.55. The van der Waals surface area contributed by atoms with Gasteiger partial charge in [0.2, 0.25) is 0 Å². The topological polar surface area (TPSA) is 72.6 Å². The molecule has 0 bridgehead atoms. The summed E-state index contributed by atoms with van der Waals surface area (Å²) >= 11 is 0. The molecule has 0 unspecified atom stereocenters. The third-order valence-corrected chi connectivity index (χ3v) is 2.28. The molecule has 2 aromatic rings. The van der Waals surface area contributed by atoms with Gasteiger partial charge in [-0.2, -0.15) is 0 Å². The van der Waals surface area contributed by atoms with Crippen LogP contribution in [-0.2, 0) is 6.61 Å². The fraction of sp³-hybridized carbons (Fsp3) is 0.167. The maximum Gasteiger partial charge on any atom is 0.335 e. The van der Waals surface area contributed by atoms with Crippen LogP contribution in [0.15, 0.2) is 35.0 Å². The quantitative estimate of drug-likeness (QED) is 0.876. The fourth-order valence-electron chi connectivity index (χ4n) is 1.41. The first-order chi connectivity index (χ1) is 8.16. The summed E-state index contributed by atoms with van der Waals surface area (Å²) < 4.78 is 10.4. The summed E-state index contributed by atoms with van der Waals surface area (Å²) in [6, 6.07) is 6.42. The van der Waals surface area contributed by atoms with Gasteiger partial charge in [-0.25, -0.2) is 4.79 Å². The summed E-state index contributed by atoms with van der Waals surface area (Å²) in [7, 11) is 0. The number of hydrogen-bond acceptors (Lipinski definition) is 4. The van der Waals surface area contributed by atoms with Gasteiger partial charge in [0.15, 0.2) is 5.76 Å². The van der Waals surface area contributed by atoms with E-state index in [0.717, 1.165) is 5.56 Å². The predicted octanol–water partition coefficient (Wildman–Crippen LogP) is 2.26. The van der Waals surface area contributed by atoms with Crippen molar-refractivity contribution in [3.8, 4) is 5.75 Å². The molecule has 0 saturated carbocycles. The van der Waals surface area contributed by atoms with E-state index in [1.54, 1.807) is 31.3 Å². The zero-order chi connectivity index (χ0) is 12.3. The number of benzene rings is 1. The Balaban J connectivity index is 2.09. The lowest BCUT2D eigenvalue weighted by atomic mass is 10.1. The molecule has 1 heterocycles. The van der Waals surface area contributed by atoms with Gasteiger partial charge in [-0.1, -0.05) is 5.16 Å². The van der Waals surface area contributed by atoms with Crippen LogP contribution in [0.5, 0.6) is 5.75 Å². The molecule has 0 spiro atoms. The minimum Gasteiger partial charge on any atom is -0.485 e. The van der Waals surface area contributed by atoms with Crippen LogP contribution >= 0.6 is 0 Å². The third-order valence-electron chi connectivity index (χ3n) is 2.28. The highest BCUT2D eigenvalue weighted by Crippen LogP contribution is 2.20. The number of ether oxygens (including phenoxy) is 1. The van der Waals surface area contributed by atoms with Crippen molar-refractivity contribution in [3.05, 3.63) is 47.3 Å². The van der Waals surface area contributed by atoms with Gasteiger partial charge in [0.25, 0.3) is 0 Å². The van der Waals surface area contributed by atoms with Gasteiger partial charge in [-0.15, -0.1) is 0 Å². The molecular formula is C12H11NO4. The molecule has 0 saturated heterocycles. The number of carbonyl (C=O) groups is 1. The molecule has 0 aliphatic rings. The molecule has 0 fully saturated rings. The SMILES string of the molecule is Cc1cc(C(=O)O)ccc1OCc1ccno1. The summed E-state index contributed by atoms with van der Waals surface area (Å²) in [5.41, 5.74) is 1.01. The van der Waals surface area contributed by atoms with E-state index in [1.807, 2.05) is 0 Å². The Kier molecular flexibility index (Phi) is 3.09. The van der Waals surface area contributed by atoms with Crippen molar-refractivity contribution >= 4 is 5.97 Å². The molecule has 2 rings (SSSR count). The molecule has 1 aromatic heterocycles. The Labute approximate surface area is 97.6 Å². The molecule has 17 heavy (non-hydrogen) atoms. The Morgan fingerprint density at radius 1 is 1.47 bits per heavy atom. The summed E-state index contributed by atoms with van der Waals surface area (Å²) in [6.07, 6.45) is 1.54. The van der Waals surface area contributed by atoms with E-state index in [4.69, 9.17) is 14.4 Å². The summed E-state index contributed by atoms with van der Waals surface area (Å²) in [6.45, 7) is 2.06. The highest BCUT2D eigenvalue weighted by atomic mass is 16.5. The number of carboxylic acids is 1. The molecular weight excluding hydrogens is 222 g/mol. The Hall–Kier alpha value is -2.30. The number of aromatic nitrogens is 1. The van der Waals surface area contributed by atoms with E-state index >= 15 is 0 Å². The monoisotopic (exact) mass is 233 g/mol. The normalized spacial score (nSPS) is 10.2. The maximum absolute atomic E-state index is 10.7. The van der Waals surface area contributed by atoms with Gasteiger partial charge in [0.05, 0.1) is 11.8 Å². The fourth-order valence-corrected chi connectivity index (χ4v) is 1.41. The van der Waals surface area contributed by atoms with Gasteiger partial charge >= 0.3 is 5.97 Å². The Bertz CT molecular complexity index is 519. The van der Waals surface area contributed by atoms with Crippen molar-refractivity contribution in [1.82, 2.24) is 5.16 Å². The molecule has 0 aliphatic heterocycles. The molecule has 0 aliphatic carbocycles. The van der Waals surface area contributed by atoms with Crippen LogP contribution in [0.3, 0.4) is 0 Å². The first-order valence-electron chi connectivity index (χ1n) is 5.03. The molecule has 0 amide bonds. The van der Waals surface area contributed by atoms with Crippen LogP contribution in [0, 0.1) is 6.92 Å². The Morgan fingerprint density at radius 3 is 2.88 bits per heavy atom. The molecule has 0 atom stereocenters. The number of aromatic carboxylic acids is 1. The van der Waals surface area contributed by atoms with E-state index in [1.165, 1.54) is 6.07 Å². The molecule has 5 nitrogen and oxygen atoms in total. The highest BCUT2D eigenvalue weighted by Gasteiger charge is 2.07. The summed E-state index contributed by atoms with van der Waals surface area (Å²) in [5, 5.41) is 12.4. The molecule has 5 heteroatoms. The van der Waals surface area contributed by atoms with Crippen LogP contribution in [0.25, 0.3) is 0 Å². The lowest BCUT2D eigenvalue weighted by Gasteiger charge is -2.07. The van der Waals surface area contributed by atoms with Crippen LogP contribution in [0.4, 0.5) is 0 Å².